The van der Waals surface area contributed by atoms with Crippen molar-refractivity contribution in [3.05, 3.63) is 41.9 Å². The van der Waals surface area contributed by atoms with Gasteiger partial charge >= 0.3 is 0 Å². The number of rotatable bonds is 3. The summed E-state index contributed by atoms with van der Waals surface area (Å²) in [6.07, 6.45) is 4.51. The lowest BCUT2D eigenvalue weighted by atomic mass is 10.3. The molecule has 102 valence electrons. The smallest absolute Gasteiger partial charge is 0.259 e. The second-order valence-corrected chi connectivity index (χ2v) is 4.40. The van der Waals surface area contributed by atoms with Crippen LogP contribution in [-0.4, -0.2) is 42.6 Å². The monoisotopic (exact) mass is 272 g/mol. The number of carbonyl (C=O) groups excluding carboxylic acids is 1. The van der Waals surface area contributed by atoms with Crippen LogP contribution in [-0.2, 0) is 6.54 Å². The molecule has 8 nitrogen and oxygen atoms in total. The quantitative estimate of drug-likeness (QED) is 0.697. The van der Waals surface area contributed by atoms with E-state index in [0.29, 0.717) is 17.0 Å². The van der Waals surface area contributed by atoms with Gasteiger partial charge in [-0.05, 0) is 13.0 Å². The summed E-state index contributed by atoms with van der Waals surface area (Å²) in [5, 5.41) is 7.80. The molecule has 0 spiro atoms. The van der Waals surface area contributed by atoms with Crippen molar-refractivity contribution in [1.29, 1.82) is 0 Å². The zero-order valence-corrected chi connectivity index (χ0v) is 11.0. The standard InChI is InChI=1S/C12H12N6O2/c1-8-3-4-18-11(15-8)9(5-14-18)12(19)17(2)6-10-13-7-20-16-10/h3-5,7H,6H2,1-2H3. The van der Waals surface area contributed by atoms with Gasteiger partial charge in [0, 0.05) is 18.9 Å². The molecule has 0 aromatic carbocycles. The zero-order valence-electron chi connectivity index (χ0n) is 11.0. The molecule has 0 radical (unpaired) electrons. The lowest BCUT2D eigenvalue weighted by Crippen LogP contribution is -2.26. The third-order valence-corrected chi connectivity index (χ3v) is 2.87. The molecule has 0 unspecified atom stereocenters. The molecule has 0 fully saturated rings. The third kappa shape index (κ3) is 2.11. The predicted molar refractivity (Wildman–Crippen MR) is 67.8 cm³/mol. The summed E-state index contributed by atoms with van der Waals surface area (Å²) >= 11 is 0. The highest BCUT2D eigenvalue weighted by Crippen LogP contribution is 2.12. The number of aryl methyl sites for hydroxylation is 1. The minimum atomic E-state index is -0.192. The van der Waals surface area contributed by atoms with Crippen molar-refractivity contribution in [3.63, 3.8) is 0 Å². The summed E-state index contributed by atoms with van der Waals surface area (Å²) in [5.74, 6) is 0.254. The maximum Gasteiger partial charge on any atom is 0.259 e. The van der Waals surface area contributed by atoms with Gasteiger partial charge in [-0.25, -0.2) is 9.50 Å². The molecule has 8 heteroatoms. The van der Waals surface area contributed by atoms with Gasteiger partial charge in [0.25, 0.3) is 5.91 Å². The number of carbonyl (C=O) groups is 1. The maximum absolute atomic E-state index is 12.4. The van der Waals surface area contributed by atoms with E-state index >= 15 is 0 Å². The van der Waals surface area contributed by atoms with Crippen LogP contribution in [0.5, 0.6) is 0 Å². The Morgan fingerprint density at radius 2 is 2.35 bits per heavy atom. The summed E-state index contributed by atoms with van der Waals surface area (Å²) in [7, 11) is 1.66. The molecular weight excluding hydrogens is 260 g/mol. The van der Waals surface area contributed by atoms with E-state index in [9.17, 15) is 4.79 Å². The van der Waals surface area contributed by atoms with Gasteiger partial charge in [-0.2, -0.15) is 10.1 Å². The van der Waals surface area contributed by atoms with E-state index in [2.05, 4.69) is 24.7 Å². The summed E-state index contributed by atoms with van der Waals surface area (Å²) < 4.78 is 6.22. The van der Waals surface area contributed by atoms with Gasteiger partial charge in [0.05, 0.1) is 12.7 Å². The van der Waals surface area contributed by atoms with E-state index in [4.69, 9.17) is 0 Å². The predicted octanol–water partition coefficient (Wildman–Crippen LogP) is 0.693. The summed E-state index contributed by atoms with van der Waals surface area (Å²) in [5.41, 5.74) is 1.81. The van der Waals surface area contributed by atoms with E-state index in [1.54, 1.807) is 17.8 Å². The molecule has 0 aliphatic heterocycles. The van der Waals surface area contributed by atoms with Crippen molar-refractivity contribution in [3.8, 4) is 0 Å². The molecule has 0 aliphatic rings. The van der Waals surface area contributed by atoms with Crippen molar-refractivity contribution in [2.24, 2.45) is 0 Å². The minimum absolute atomic E-state index is 0.192. The topological polar surface area (TPSA) is 89.4 Å². The Bertz CT molecular complexity index is 748. The molecule has 3 aromatic rings. The Balaban J connectivity index is 1.90. The lowest BCUT2D eigenvalue weighted by Gasteiger charge is -2.13. The largest absolute Gasteiger partial charge is 0.343 e. The van der Waals surface area contributed by atoms with E-state index in [1.165, 1.54) is 17.5 Å². The average Bonchev–Trinajstić information content (AvgIpc) is 3.06. The first-order valence-corrected chi connectivity index (χ1v) is 5.97. The second kappa shape index (κ2) is 4.72. The Morgan fingerprint density at radius 1 is 1.50 bits per heavy atom. The van der Waals surface area contributed by atoms with E-state index < -0.39 is 0 Å². The highest BCUT2D eigenvalue weighted by atomic mass is 16.5. The number of amides is 1. The molecule has 0 saturated carbocycles. The first-order chi connectivity index (χ1) is 9.65. The van der Waals surface area contributed by atoms with Gasteiger partial charge in [0.1, 0.15) is 5.56 Å². The zero-order chi connectivity index (χ0) is 14.1. The number of fused-ring (bicyclic) bond motifs is 1. The van der Waals surface area contributed by atoms with Gasteiger partial charge in [-0.15, -0.1) is 0 Å². The Morgan fingerprint density at radius 3 is 3.10 bits per heavy atom. The fourth-order valence-electron chi connectivity index (χ4n) is 1.86. The molecule has 1 amide bonds. The highest BCUT2D eigenvalue weighted by Gasteiger charge is 2.19. The fourth-order valence-corrected chi connectivity index (χ4v) is 1.86. The Labute approximate surface area is 114 Å². The second-order valence-electron chi connectivity index (χ2n) is 4.40. The van der Waals surface area contributed by atoms with E-state index in [-0.39, 0.29) is 12.5 Å². The molecule has 0 bridgehead atoms. The SMILES string of the molecule is Cc1ccn2ncc(C(=O)N(C)Cc3ncon3)c2n1. The van der Waals surface area contributed by atoms with Crippen molar-refractivity contribution >= 4 is 11.6 Å². The van der Waals surface area contributed by atoms with Gasteiger partial charge < -0.3 is 9.42 Å². The van der Waals surface area contributed by atoms with Crippen molar-refractivity contribution in [2.45, 2.75) is 13.5 Å². The first-order valence-electron chi connectivity index (χ1n) is 5.97. The third-order valence-electron chi connectivity index (χ3n) is 2.87. The first kappa shape index (κ1) is 12.3. The number of aromatic nitrogens is 5. The van der Waals surface area contributed by atoms with Crippen LogP contribution in [0.3, 0.4) is 0 Å². The van der Waals surface area contributed by atoms with Crippen LogP contribution >= 0.6 is 0 Å². The molecule has 0 aliphatic carbocycles. The Hall–Kier alpha value is -2.77. The number of nitrogens with zero attached hydrogens (tertiary/aromatic N) is 6. The maximum atomic E-state index is 12.4. The van der Waals surface area contributed by atoms with Gasteiger partial charge in [-0.3, -0.25) is 4.79 Å². The van der Waals surface area contributed by atoms with Crippen molar-refractivity contribution in [1.82, 2.24) is 29.6 Å². The molecular formula is C12H12N6O2. The normalized spacial score (nSPS) is 10.9. The van der Waals surface area contributed by atoms with Crippen LogP contribution in [0.2, 0.25) is 0 Å². The lowest BCUT2D eigenvalue weighted by molar-refractivity contribution is 0.0782. The molecule has 20 heavy (non-hydrogen) atoms. The fraction of sp³-hybridized carbons (Fsp3) is 0.250. The van der Waals surface area contributed by atoms with Crippen LogP contribution in [0.25, 0.3) is 5.65 Å². The molecule has 3 heterocycles. The van der Waals surface area contributed by atoms with Gasteiger partial charge in [0.2, 0.25) is 6.39 Å². The van der Waals surface area contributed by atoms with Gasteiger partial charge in [-0.1, -0.05) is 5.16 Å². The van der Waals surface area contributed by atoms with E-state index in [1.807, 2.05) is 13.0 Å². The van der Waals surface area contributed by atoms with Gasteiger partial charge in [0.15, 0.2) is 11.5 Å². The summed E-state index contributed by atoms with van der Waals surface area (Å²) in [4.78, 5) is 22.1. The summed E-state index contributed by atoms with van der Waals surface area (Å²) in [6, 6.07) is 1.83. The highest BCUT2D eigenvalue weighted by molar-refractivity contribution is 5.99. The molecule has 0 atom stereocenters. The molecule has 0 N–H and O–H groups in total. The van der Waals surface area contributed by atoms with E-state index in [0.717, 1.165) is 5.69 Å². The van der Waals surface area contributed by atoms with Crippen LogP contribution in [0.4, 0.5) is 0 Å². The molecule has 3 rings (SSSR count). The van der Waals surface area contributed by atoms with Crippen molar-refractivity contribution in [2.75, 3.05) is 7.05 Å². The van der Waals surface area contributed by atoms with Crippen LogP contribution < -0.4 is 0 Å². The number of hydrogen-bond donors (Lipinski definition) is 0. The van der Waals surface area contributed by atoms with Crippen LogP contribution in [0.1, 0.15) is 21.9 Å². The van der Waals surface area contributed by atoms with Crippen LogP contribution in [0, 0.1) is 6.92 Å². The van der Waals surface area contributed by atoms with Crippen molar-refractivity contribution < 1.29 is 9.32 Å². The van der Waals surface area contributed by atoms with Crippen LogP contribution in [0.15, 0.2) is 29.4 Å². The molecule has 0 saturated heterocycles. The number of hydrogen-bond acceptors (Lipinski definition) is 6. The summed E-state index contributed by atoms with van der Waals surface area (Å²) in [6.45, 7) is 2.13. The Kier molecular flexibility index (Phi) is 2.90. The average molecular weight is 272 g/mol. The minimum Gasteiger partial charge on any atom is -0.343 e. The molecule has 3 aromatic heterocycles.